The predicted octanol–water partition coefficient (Wildman–Crippen LogP) is 0.784. The van der Waals surface area contributed by atoms with Gasteiger partial charge in [-0.05, 0) is 17.7 Å². The Morgan fingerprint density at radius 1 is 1.45 bits per heavy atom. The quantitative estimate of drug-likeness (QED) is 0.863. The molecule has 0 saturated carbocycles. The number of nitrogens with zero attached hydrogens (tertiary/aromatic N) is 3. The third-order valence-electron chi connectivity index (χ3n) is 3.08. The highest BCUT2D eigenvalue weighted by Crippen LogP contribution is 2.15. The summed E-state index contributed by atoms with van der Waals surface area (Å²) in [6.07, 6.45) is 3.33. The molecule has 0 bridgehead atoms. The predicted molar refractivity (Wildman–Crippen MR) is 74.7 cm³/mol. The number of nitrogens with two attached hydrogens (primary N) is 1. The number of amides is 1. The van der Waals surface area contributed by atoms with Crippen LogP contribution >= 0.6 is 0 Å². The van der Waals surface area contributed by atoms with E-state index in [1.165, 1.54) is 0 Å². The van der Waals surface area contributed by atoms with Crippen LogP contribution < -0.4 is 5.73 Å². The lowest BCUT2D eigenvalue weighted by molar-refractivity contribution is -0.131. The number of benzene rings is 1. The summed E-state index contributed by atoms with van der Waals surface area (Å²) in [6.45, 7) is 0.438. The molecule has 6 nitrogen and oxygen atoms in total. The molecule has 6 heteroatoms. The van der Waals surface area contributed by atoms with Crippen LogP contribution in [0.3, 0.4) is 0 Å². The molecule has 1 heterocycles. The summed E-state index contributed by atoms with van der Waals surface area (Å²) in [6, 6.07) is 6.01. The van der Waals surface area contributed by atoms with E-state index < -0.39 is 6.04 Å². The molecule has 0 saturated heterocycles. The van der Waals surface area contributed by atoms with Crippen LogP contribution in [0.2, 0.25) is 0 Å². The van der Waals surface area contributed by atoms with Crippen molar-refractivity contribution in [3.63, 3.8) is 0 Å². The van der Waals surface area contributed by atoms with Crippen molar-refractivity contribution in [3.8, 4) is 5.75 Å². The molecule has 1 unspecified atom stereocenters. The first kappa shape index (κ1) is 14.1. The van der Waals surface area contributed by atoms with Gasteiger partial charge in [0.1, 0.15) is 11.8 Å². The van der Waals surface area contributed by atoms with Crippen molar-refractivity contribution in [3.05, 3.63) is 47.8 Å². The summed E-state index contributed by atoms with van der Waals surface area (Å²) >= 11 is 0. The zero-order valence-electron chi connectivity index (χ0n) is 11.5. The summed E-state index contributed by atoms with van der Waals surface area (Å²) in [5.41, 5.74) is 7.56. The molecule has 2 aromatic rings. The van der Waals surface area contributed by atoms with Crippen LogP contribution in [0.1, 0.15) is 17.2 Å². The maximum absolute atomic E-state index is 12.2. The lowest BCUT2D eigenvalue weighted by Gasteiger charge is -2.20. The number of phenolic OH excluding ortho intramolecular Hbond substituents is 1. The van der Waals surface area contributed by atoms with E-state index in [1.54, 1.807) is 60.3 Å². The molecular formula is C14H18N4O2. The average molecular weight is 274 g/mol. The van der Waals surface area contributed by atoms with Gasteiger partial charge < -0.3 is 15.7 Å². The number of aryl methyl sites for hydroxylation is 1. The number of hydrogen-bond acceptors (Lipinski definition) is 4. The topological polar surface area (TPSA) is 84.4 Å². The van der Waals surface area contributed by atoms with E-state index >= 15 is 0 Å². The van der Waals surface area contributed by atoms with E-state index in [1.807, 2.05) is 0 Å². The van der Waals surface area contributed by atoms with Gasteiger partial charge in [-0.1, -0.05) is 12.1 Å². The third-order valence-corrected chi connectivity index (χ3v) is 3.08. The summed E-state index contributed by atoms with van der Waals surface area (Å²) < 4.78 is 1.61. The van der Waals surface area contributed by atoms with Crippen LogP contribution in [0.4, 0.5) is 0 Å². The monoisotopic (exact) mass is 274 g/mol. The number of hydrogen-bond donors (Lipinski definition) is 2. The molecule has 0 aliphatic rings. The van der Waals surface area contributed by atoms with Crippen LogP contribution in [0.15, 0.2) is 36.7 Å². The third kappa shape index (κ3) is 3.16. The van der Waals surface area contributed by atoms with E-state index in [9.17, 15) is 9.90 Å². The molecule has 1 amide bonds. The molecule has 0 radical (unpaired) electrons. The second kappa shape index (κ2) is 5.75. The highest BCUT2D eigenvalue weighted by atomic mass is 16.3. The molecule has 0 aliphatic heterocycles. The van der Waals surface area contributed by atoms with Gasteiger partial charge in [-0.15, -0.1) is 0 Å². The van der Waals surface area contributed by atoms with Crippen LogP contribution in [-0.4, -0.2) is 32.7 Å². The molecule has 1 aromatic carbocycles. The molecule has 20 heavy (non-hydrogen) atoms. The van der Waals surface area contributed by atoms with Gasteiger partial charge in [0.15, 0.2) is 0 Å². The van der Waals surface area contributed by atoms with Gasteiger partial charge in [-0.2, -0.15) is 5.10 Å². The fourth-order valence-electron chi connectivity index (χ4n) is 1.93. The summed E-state index contributed by atoms with van der Waals surface area (Å²) in [5.74, 6) is 0.0286. The van der Waals surface area contributed by atoms with Crippen molar-refractivity contribution >= 4 is 5.91 Å². The van der Waals surface area contributed by atoms with Crippen LogP contribution in [0, 0.1) is 0 Å². The molecule has 1 aromatic heterocycles. The molecule has 106 valence electrons. The van der Waals surface area contributed by atoms with Gasteiger partial charge in [0.2, 0.25) is 5.91 Å². The standard InChI is InChI=1S/C14H18N4O2/c1-17(8-10-3-5-12(19)6-4-10)14(20)13(15)11-7-16-18(2)9-11/h3-7,9,13,19H,8,15H2,1-2H3. The first-order valence-corrected chi connectivity index (χ1v) is 6.24. The summed E-state index contributed by atoms with van der Waals surface area (Å²) in [7, 11) is 3.48. The van der Waals surface area contributed by atoms with Crippen molar-refractivity contribution in [2.24, 2.45) is 12.8 Å². The minimum atomic E-state index is -0.717. The maximum atomic E-state index is 12.2. The zero-order valence-corrected chi connectivity index (χ0v) is 11.5. The van der Waals surface area contributed by atoms with Crippen LogP contribution in [0.25, 0.3) is 0 Å². The molecule has 0 spiro atoms. The zero-order chi connectivity index (χ0) is 14.7. The van der Waals surface area contributed by atoms with Crippen LogP contribution in [-0.2, 0) is 18.4 Å². The lowest BCUT2D eigenvalue weighted by Crippen LogP contribution is -2.35. The Morgan fingerprint density at radius 3 is 2.65 bits per heavy atom. The van der Waals surface area contributed by atoms with Crippen molar-refractivity contribution in [2.45, 2.75) is 12.6 Å². The molecule has 3 N–H and O–H groups in total. The highest BCUT2D eigenvalue weighted by molar-refractivity contribution is 5.82. The van der Waals surface area contributed by atoms with Gasteiger partial charge in [0.05, 0.1) is 6.20 Å². The summed E-state index contributed by atoms with van der Waals surface area (Å²) in [5, 5.41) is 13.2. The minimum Gasteiger partial charge on any atom is -0.508 e. The molecule has 0 aliphatic carbocycles. The number of aromatic hydroxyl groups is 1. The Bertz CT molecular complexity index is 591. The smallest absolute Gasteiger partial charge is 0.244 e. The number of carbonyl (C=O) groups excluding carboxylic acids is 1. The van der Waals surface area contributed by atoms with Gasteiger partial charge >= 0.3 is 0 Å². The Kier molecular flexibility index (Phi) is 4.05. The highest BCUT2D eigenvalue weighted by Gasteiger charge is 2.21. The van der Waals surface area contributed by atoms with Gasteiger partial charge in [0.25, 0.3) is 0 Å². The minimum absolute atomic E-state index is 0.175. The van der Waals surface area contributed by atoms with Gasteiger partial charge in [-0.25, -0.2) is 0 Å². The summed E-state index contributed by atoms with van der Waals surface area (Å²) in [4.78, 5) is 13.8. The van der Waals surface area contributed by atoms with Gasteiger partial charge in [-0.3, -0.25) is 9.48 Å². The molecule has 0 fully saturated rings. The Morgan fingerprint density at radius 2 is 2.10 bits per heavy atom. The fourth-order valence-corrected chi connectivity index (χ4v) is 1.93. The average Bonchev–Trinajstić information content (AvgIpc) is 2.86. The first-order valence-electron chi connectivity index (χ1n) is 6.24. The second-order valence-electron chi connectivity index (χ2n) is 4.79. The Labute approximate surface area is 117 Å². The van der Waals surface area contributed by atoms with Crippen molar-refractivity contribution < 1.29 is 9.90 Å². The van der Waals surface area contributed by atoms with E-state index in [4.69, 9.17) is 5.73 Å². The number of carbonyl (C=O) groups is 1. The molecule has 1 atom stereocenters. The van der Waals surface area contributed by atoms with Gasteiger partial charge in [0, 0.05) is 32.4 Å². The number of rotatable bonds is 4. The SMILES string of the molecule is CN(Cc1ccc(O)cc1)C(=O)C(N)c1cnn(C)c1. The first-order chi connectivity index (χ1) is 9.47. The van der Waals surface area contributed by atoms with Crippen LogP contribution in [0.5, 0.6) is 5.75 Å². The molecular weight excluding hydrogens is 256 g/mol. The molecule has 2 rings (SSSR count). The second-order valence-corrected chi connectivity index (χ2v) is 4.79. The van der Waals surface area contributed by atoms with Crippen molar-refractivity contribution in [2.75, 3.05) is 7.05 Å². The Hall–Kier alpha value is -2.34. The Balaban J connectivity index is 2.03. The van der Waals surface area contributed by atoms with Crippen molar-refractivity contribution in [1.29, 1.82) is 0 Å². The van der Waals surface area contributed by atoms with Crippen molar-refractivity contribution in [1.82, 2.24) is 14.7 Å². The largest absolute Gasteiger partial charge is 0.508 e. The number of likely N-dealkylation sites (N-methyl/N-ethyl adjacent to an activating group) is 1. The van der Waals surface area contributed by atoms with E-state index in [0.717, 1.165) is 5.56 Å². The maximum Gasteiger partial charge on any atom is 0.244 e. The van der Waals surface area contributed by atoms with E-state index in [0.29, 0.717) is 12.1 Å². The van der Waals surface area contributed by atoms with E-state index in [2.05, 4.69) is 5.10 Å². The fraction of sp³-hybridized carbons (Fsp3) is 0.286. The number of phenols is 1. The van der Waals surface area contributed by atoms with E-state index in [-0.39, 0.29) is 11.7 Å². The number of aromatic nitrogens is 2. The lowest BCUT2D eigenvalue weighted by atomic mass is 10.1. The normalized spacial score (nSPS) is 12.2.